The Balaban J connectivity index is 1.89. The number of benzene rings is 2. The molecule has 0 spiro atoms. The van der Waals surface area contributed by atoms with Crippen LogP contribution in [0.25, 0.3) is 5.69 Å². The van der Waals surface area contributed by atoms with Crippen LogP contribution in [0.2, 0.25) is 0 Å². The second-order valence-electron chi connectivity index (χ2n) is 6.02. The van der Waals surface area contributed by atoms with Gasteiger partial charge in [0.1, 0.15) is 11.6 Å². The number of aryl methyl sites for hydroxylation is 2. The van der Waals surface area contributed by atoms with Crippen LogP contribution in [0.4, 0.5) is 0 Å². The molecule has 0 unspecified atom stereocenters. The molecule has 0 amide bonds. The molecule has 3 rings (SSSR count). The number of hydrogen-bond acceptors (Lipinski definition) is 6. The van der Waals surface area contributed by atoms with Gasteiger partial charge < -0.3 is 18.9 Å². The SMILES string of the molecule is COc1cccc(-n2c(CCc3cc(OC)c(OC)c(OC)c3)n[nH]c2=S)c1. The lowest BCUT2D eigenvalue weighted by atomic mass is 10.1. The van der Waals surface area contributed by atoms with Crippen LogP contribution >= 0.6 is 12.2 Å². The Morgan fingerprint density at radius 3 is 2.25 bits per heavy atom. The molecule has 0 aliphatic carbocycles. The lowest BCUT2D eigenvalue weighted by Gasteiger charge is -2.14. The summed E-state index contributed by atoms with van der Waals surface area (Å²) in [6.45, 7) is 0. The molecular weight excluding hydrogens is 378 g/mol. The Labute approximate surface area is 168 Å². The summed E-state index contributed by atoms with van der Waals surface area (Å²) < 4.78 is 24.0. The molecule has 7 nitrogen and oxygen atoms in total. The second kappa shape index (κ2) is 8.79. The molecule has 3 aromatic rings. The van der Waals surface area contributed by atoms with Crippen molar-refractivity contribution in [2.75, 3.05) is 28.4 Å². The van der Waals surface area contributed by atoms with Crippen molar-refractivity contribution in [1.29, 1.82) is 0 Å². The van der Waals surface area contributed by atoms with Crippen LogP contribution in [0.15, 0.2) is 36.4 Å². The number of nitrogens with zero attached hydrogens (tertiary/aromatic N) is 2. The molecule has 0 fully saturated rings. The molecule has 2 aromatic carbocycles. The van der Waals surface area contributed by atoms with Gasteiger partial charge in [-0.2, -0.15) is 5.10 Å². The molecule has 0 bridgehead atoms. The fourth-order valence-corrected chi connectivity index (χ4v) is 3.31. The van der Waals surface area contributed by atoms with Gasteiger partial charge in [0.25, 0.3) is 0 Å². The first-order valence-electron chi connectivity index (χ1n) is 8.70. The zero-order valence-corrected chi connectivity index (χ0v) is 17.1. The van der Waals surface area contributed by atoms with Crippen LogP contribution in [-0.2, 0) is 12.8 Å². The smallest absolute Gasteiger partial charge is 0.203 e. The molecular formula is C20H23N3O4S. The van der Waals surface area contributed by atoms with Crippen molar-refractivity contribution >= 4 is 12.2 Å². The fourth-order valence-electron chi connectivity index (χ4n) is 3.05. The molecule has 0 aliphatic heterocycles. The highest BCUT2D eigenvalue weighted by Crippen LogP contribution is 2.38. The summed E-state index contributed by atoms with van der Waals surface area (Å²) >= 11 is 5.42. The first-order valence-corrected chi connectivity index (χ1v) is 9.11. The van der Waals surface area contributed by atoms with Crippen LogP contribution < -0.4 is 18.9 Å². The summed E-state index contributed by atoms with van der Waals surface area (Å²) in [7, 11) is 6.44. The van der Waals surface area contributed by atoms with E-state index in [4.69, 9.17) is 31.2 Å². The van der Waals surface area contributed by atoms with E-state index in [9.17, 15) is 0 Å². The number of nitrogens with one attached hydrogen (secondary N) is 1. The van der Waals surface area contributed by atoms with Gasteiger partial charge in [-0.3, -0.25) is 9.67 Å². The fraction of sp³-hybridized carbons (Fsp3) is 0.300. The van der Waals surface area contributed by atoms with E-state index in [-0.39, 0.29) is 0 Å². The summed E-state index contributed by atoms with van der Waals surface area (Å²) in [6.07, 6.45) is 1.39. The van der Waals surface area contributed by atoms with Crippen molar-refractivity contribution in [1.82, 2.24) is 14.8 Å². The van der Waals surface area contributed by atoms with Gasteiger partial charge in [0, 0.05) is 12.5 Å². The first kappa shape index (κ1) is 19.8. The Kier molecular flexibility index (Phi) is 6.20. The molecule has 148 valence electrons. The Morgan fingerprint density at radius 1 is 0.929 bits per heavy atom. The molecule has 8 heteroatoms. The monoisotopic (exact) mass is 401 g/mol. The first-order chi connectivity index (χ1) is 13.6. The van der Waals surface area contributed by atoms with Crippen LogP contribution in [0, 0.1) is 4.77 Å². The van der Waals surface area contributed by atoms with Gasteiger partial charge in [-0.25, -0.2) is 0 Å². The van der Waals surface area contributed by atoms with Crippen molar-refractivity contribution in [2.24, 2.45) is 0 Å². The minimum Gasteiger partial charge on any atom is -0.497 e. The van der Waals surface area contributed by atoms with E-state index in [1.165, 1.54) is 0 Å². The average Bonchev–Trinajstić information content (AvgIpc) is 3.11. The number of hydrogen-bond donors (Lipinski definition) is 1. The number of H-pyrrole nitrogens is 1. The summed E-state index contributed by atoms with van der Waals surface area (Å²) in [5.41, 5.74) is 1.94. The third kappa shape index (κ3) is 3.96. The second-order valence-corrected chi connectivity index (χ2v) is 6.40. The van der Waals surface area contributed by atoms with Crippen LogP contribution in [0.3, 0.4) is 0 Å². The molecule has 0 atom stereocenters. The molecule has 0 radical (unpaired) electrons. The highest BCUT2D eigenvalue weighted by Gasteiger charge is 2.15. The predicted octanol–water partition coefficient (Wildman–Crippen LogP) is 3.75. The number of aromatic amines is 1. The van der Waals surface area contributed by atoms with Crippen molar-refractivity contribution in [2.45, 2.75) is 12.8 Å². The standard InChI is InChI=1S/C20H23N3O4S/c1-24-15-7-5-6-14(12-15)23-18(21-22-20(23)28)9-8-13-10-16(25-2)19(27-4)17(11-13)26-3/h5-7,10-12H,8-9H2,1-4H3,(H,22,28). The molecule has 1 N–H and O–H groups in total. The third-order valence-electron chi connectivity index (χ3n) is 4.42. The van der Waals surface area contributed by atoms with E-state index in [0.717, 1.165) is 29.2 Å². The summed E-state index contributed by atoms with van der Waals surface area (Å²) in [6, 6.07) is 11.6. The van der Waals surface area contributed by atoms with Gasteiger partial charge in [-0.05, 0) is 48.5 Å². The van der Waals surface area contributed by atoms with E-state index in [0.29, 0.717) is 28.4 Å². The molecule has 28 heavy (non-hydrogen) atoms. The Morgan fingerprint density at radius 2 is 1.64 bits per heavy atom. The van der Waals surface area contributed by atoms with Gasteiger partial charge >= 0.3 is 0 Å². The quantitative estimate of drug-likeness (QED) is 0.580. The minimum absolute atomic E-state index is 0.535. The number of aromatic nitrogens is 3. The molecule has 1 aromatic heterocycles. The number of methoxy groups -OCH3 is 4. The number of rotatable bonds is 8. The zero-order valence-electron chi connectivity index (χ0n) is 16.3. The maximum atomic E-state index is 5.43. The molecule has 0 saturated heterocycles. The Hall–Kier alpha value is -3.00. The van der Waals surface area contributed by atoms with E-state index in [1.807, 2.05) is 41.0 Å². The maximum Gasteiger partial charge on any atom is 0.203 e. The molecule has 1 heterocycles. The largest absolute Gasteiger partial charge is 0.497 e. The number of ether oxygens (including phenoxy) is 4. The van der Waals surface area contributed by atoms with Crippen molar-refractivity contribution in [3.8, 4) is 28.7 Å². The van der Waals surface area contributed by atoms with Crippen LogP contribution in [0.1, 0.15) is 11.4 Å². The van der Waals surface area contributed by atoms with Crippen molar-refractivity contribution in [3.05, 3.63) is 52.6 Å². The Bertz CT molecular complexity index is 988. The average molecular weight is 401 g/mol. The molecule has 0 aliphatic rings. The summed E-state index contributed by atoms with van der Waals surface area (Å²) in [5.74, 6) is 3.42. The van der Waals surface area contributed by atoms with Crippen LogP contribution in [-0.4, -0.2) is 43.2 Å². The van der Waals surface area contributed by atoms with Gasteiger partial charge in [0.05, 0.1) is 34.1 Å². The van der Waals surface area contributed by atoms with Gasteiger partial charge in [0.2, 0.25) is 5.75 Å². The van der Waals surface area contributed by atoms with Crippen molar-refractivity contribution < 1.29 is 18.9 Å². The lowest BCUT2D eigenvalue weighted by molar-refractivity contribution is 0.324. The topological polar surface area (TPSA) is 70.5 Å². The van der Waals surface area contributed by atoms with Gasteiger partial charge in [-0.15, -0.1) is 0 Å². The predicted molar refractivity (Wildman–Crippen MR) is 109 cm³/mol. The molecule has 0 saturated carbocycles. The highest BCUT2D eigenvalue weighted by molar-refractivity contribution is 7.71. The normalized spacial score (nSPS) is 10.6. The summed E-state index contributed by atoms with van der Waals surface area (Å²) in [4.78, 5) is 0. The van der Waals surface area contributed by atoms with Crippen LogP contribution in [0.5, 0.6) is 23.0 Å². The minimum atomic E-state index is 0.535. The zero-order chi connectivity index (χ0) is 20.1. The van der Waals surface area contributed by atoms with Crippen molar-refractivity contribution in [3.63, 3.8) is 0 Å². The van der Waals surface area contributed by atoms with Gasteiger partial charge in [-0.1, -0.05) is 6.07 Å². The van der Waals surface area contributed by atoms with Gasteiger partial charge in [0.15, 0.2) is 16.3 Å². The maximum absolute atomic E-state index is 5.43. The third-order valence-corrected chi connectivity index (χ3v) is 4.69. The lowest BCUT2D eigenvalue weighted by Crippen LogP contribution is -2.04. The highest BCUT2D eigenvalue weighted by atomic mass is 32.1. The summed E-state index contributed by atoms with van der Waals surface area (Å²) in [5, 5.41) is 7.28. The van der Waals surface area contributed by atoms with E-state index >= 15 is 0 Å². The van der Waals surface area contributed by atoms with E-state index in [2.05, 4.69) is 10.2 Å². The van der Waals surface area contributed by atoms with E-state index in [1.54, 1.807) is 28.4 Å². The van der Waals surface area contributed by atoms with E-state index < -0.39 is 0 Å².